The Hall–Kier alpha value is -1.11. The molecule has 1 heterocycles. The van der Waals surface area contributed by atoms with Crippen molar-refractivity contribution in [3.8, 4) is 0 Å². The van der Waals surface area contributed by atoms with Gasteiger partial charge in [0.1, 0.15) is 4.90 Å². The fraction of sp³-hybridized carbons (Fsp3) is 0.333. The van der Waals surface area contributed by atoms with Gasteiger partial charge in [-0.25, -0.2) is 8.42 Å². The van der Waals surface area contributed by atoms with Crippen molar-refractivity contribution in [3.05, 3.63) is 63.6 Å². The Kier molecular flexibility index (Phi) is 5.71. The Morgan fingerprint density at radius 2 is 1.48 bits per heavy atom. The number of halogens is 2. The summed E-state index contributed by atoms with van der Waals surface area (Å²) in [7, 11) is -3.68. The molecular formula is C18H20Cl2N2O2S. The van der Waals surface area contributed by atoms with Crippen molar-refractivity contribution in [3.63, 3.8) is 0 Å². The molecule has 0 radical (unpaired) electrons. The number of hydrogen-bond acceptors (Lipinski definition) is 3. The largest absolute Gasteiger partial charge is 0.296 e. The molecule has 1 saturated heterocycles. The molecule has 0 aliphatic carbocycles. The van der Waals surface area contributed by atoms with Gasteiger partial charge in [-0.3, -0.25) is 4.90 Å². The number of nitrogens with zero attached hydrogens (tertiary/aromatic N) is 2. The van der Waals surface area contributed by atoms with Gasteiger partial charge in [0.2, 0.25) is 10.0 Å². The molecule has 2 aromatic rings. The molecular weight excluding hydrogens is 379 g/mol. The molecule has 1 aliphatic heterocycles. The molecule has 0 amide bonds. The van der Waals surface area contributed by atoms with Crippen LogP contribution < -0.4 is 0 Å². The normalized spacial score (nSPS) is 16.9. The molecule has 0 spiro atoms. The van der Waals surface area contributed by atoms with E-state index in [1.807, 2.05) is 0 Å². The fourth-order valence-corrected chi connectivity index (χ4v) is 5.45. The Morgan fingerprint density at radius 3 is 2.04 bits per heavy atom. The summed E-state index contributed by atoms with van der Waals surface area (Å²) in [6, 6.07) is 13.2. The average molecular weight is 399 g/mol. The van der Waals surface area contributed by atoms with Crippen molar-refractivity contribution >= 4 is 33.2 Å². The zero-order valence-corrected chi connectivity index (χ0v) is 16.3. The number of sulfonamides is 1. The van der Waals surface area contributed by atoms with Gasteiger partial charge in [0.25, 0.3) is 0 Å². The van der Waals surface area contributed by atoms with Gasteiger partial charge < -0.3 is 0 Å². The fourth-order valence-electron chi connectivity index (χ4n) is 2.94. The first-order chi connectivity index (χ1) is 11.9. The van der Waals surface area contributed by atoms with Crippen LogP contribution in [0.1, 0.15) is 11.1 Å². The first kappa shape index (κ1) is 18.7. The van der Waals surface area contributed by atoms with Gasteiger partial charge in [-0.1, -0.05) is 59.1 Å². The number of hydrogen-bond donors (Lipinski definition) is 0. The minimum absolute atomic E-state index is 0.00492. The van der Waals surface area contributed by atoms with E-state index in [4.69, 9.17) is 23.2 Å². The summed E-state index contributed by atoms with van der Waals surface area (Å²) < 4.78 is 27.2. The molecule has 0 N–H and O–H groups in total. The number of rotatable bonds is 4. The molecule has 1 fully saturated rings. The summed E-state index contributed by atoms with van der Waals surface area (Å²) in [5.74, 6) is 0. The third kappa shape index (κ3) is 4.18. The molecule has 134 valence electrons. The van der Waals surface area contributed by atoms with Gasteiger partial charge >= 0.3 is 0 Å². The molecule has 0 saturated carbocycles. The lowest BCUT2D eigenvalue weighted by molar-refractivity contribution is 0.181. The highest BCUT2D eigenvalue weighted by atomic mass is 35.5. The van der Waals surface area contributed by atoms with Gasteiger partial charge in [0.15, 0.2) is 0 Å². The van der Waals surface area contributed by atoms with Crippen molar-refractivity contribution in [2.24, 2.45) is 0 Å². The second kappa shape index (κ2) is 7.64. The predicted octanol–water partition coefficient (Wildman–Crippen LogP) is 3.81. The molecule has 2 aromatic carbocycles. The van der Waals surface area contributed by atoms with Crippen molar-refractivity contribution in [1.82, 2.24) is 9.21 Å². The topological polar surface area (TPSA) is 40.6 Å². The van der Waals surface area contributed by atoms with Crippen LogP contribution in [0.3, 0.4) is 0 Å². The van der Waals surface area contributed by atoms with Crippen LogP contribution in [-0.2, 0) is 16.6 Å². The number of piperazine rings is 1. The van der Waals surface area contributed by atoms with Crippen LogP contribution in [-0.4, -0.2) is 43.8 Å². The van der Waals surface area contributed by atoms with Gasteiger partial charge in [-0.15, -0.1) is 0 Å². The lowest BCUT2D eigenvalue weighted by atomic mass is 10.1. The summed E-state index contributed by atoms with van der Waals surface area (Å²) >= 11 is 12.2. The molecule has 1 aliphatic rings. The summed E-state index contributed by atoms with van der Waals surface area (Å²) in [5.41, 5.74) is 2.47. The van der Waals surface area contributed by atoms with E-state index in [-0.39, 0.29) is 14.9 Å². The highest BCUT2D eigenvalue weighted by Crippen LogP contribution is 2.31. The van der Waals surface area contributed by atoms with Crippen LogP contribution >= 0.6 is 23.2 Å². The minimum atomic E-state index is -3.68. The van der Waals surface area contributed by atoms with Crippen LogP contribution in [0.15, 0.2) is 47.4 Å². The van der Waals surface area contributed by atoms with Gasteiger partial charge in [-0.2, -0.15) is 4.31 Å². The van der Waals surface area contributed by atoms with Crippen molar-refractivity contribution in [2.45, 2.75) is 18.4 Å². The average Bonchev–Trinajstić information content (AvgIpc) is 2.57. The molecule has 0 unspecified atom stereocenters. The zero-order chi connectivity index (χ0) is 18.0. The van der Waals surface area contributed by atoms with Crippen LogP contribution in [0.25, 0.3) is 0 Å². The first-order valence-electron chi connectivity index (χ1n) is 8.10. The molecule has 4 nitrogen and oxygen atoms in total. The molecule has 0 atom stereocenters. The van der Waals surface area contributed by atoms with E-state index in [0.717, 1.165) is 6.54 Å². The number of benzene rings is 2. The van der Waals surface area contributed by atoms with E-state index in [1.165, 1.54) is 15.4 Å². The third-order valence-electron chi connectivity index (χ3n) is 4.37. The summed E-state index contributed by atoms with van der Waals surface area (Å²) in [4.78, 5) is 2.26. The Balaban J connectivity index is 1.68. The van der Waals surface area contributed by atoms with Gasteiger partial charge in [0.05, 0.1) is 10.0 Å². The van der Waals surface area contributed by atoms with Crippen LogP contribution in [0.5, 0.6) is 0 Å². The SMILES string of the molecule is Cc1ccc(CN2CCN(S(=O)(=O)c3c(Cl)cccc3Cl)CC2)cc1. The van der Waals surface area contributed by atoms with Crippen LogP contribution in [0, 0.1) is 6.92 Å². The third-order valence-corrected chi connectivity index (χ3v) is 7.23. The van der Waals surface area contributed by atoms with E-state index < -0.39 is 10.0 Å². The standard InChI is InChI=1S/C18H20Cl2N2O2S/c1-14-5-7-15(8-6-14)13-21-9-11-22(12-10-21)25(23,24)18-16(19)3-2-4-17(18)20/h2-8H,9-13H2,1H3. The lowest BCUT2D eigenvalue weighted by Crippen LogP contribution is -2.48. The summed E-state index contributed by atoms with van der Waals surface area (Å²) in [6.07, 6.45) is 0. The highest BCUT2D eigenvalue weighted by molar-refractivity contribution is 7.89. The zero-order valence-electron chi connectivity index (χ0n) is 14.0. The molecule has 7 heteroatoms. The maximum Gasteiger partial charge on any atom is 0.246 e. The minimum Gasteiger partial charge on any atom is -0.296 e. The van der Waals surface area contributed by atoms with Crippen molar-refractivity contribution < 1.29 is 8.42 Å². The Bertz CT molecular complexity index is 826. The van der Waals surface area contributed by atoms with E-state index in [0.29, 0.717) is 26.2 Å². The van der Waals surface area contributed by atoms with Gasteiger partial charge in [-0.05, 0) is 24.6 Å². The lowest BCUT2D eigenvalue weighted by Gasteiger charge is -2.34. The molecule has 0 bridgehead atoms. The van der Waals surface area contributed by atoms with E-state index in [2.05, 4.69) is 36.1 Å². The second-order valence-electron chi connectivity index (χ2n) is 6.22. The van der Waals surface area contributed by atoms with E-state index in [1.54, 1.807) is 18.2 Å². The smallest absolute Gasteiger partial charge is 0.246 e. The maximum atomic E-state index is 12.9. The van der Waals surface area contributed by atoms with Crippen molar-refractivity contribution in [2.75, 3.05) is 26.2 Å². The maximum absolute atomic E-state index is 12.9. The molecule has 25 heavy (non-hydrogen) atoms. The van der Waals surface area contributed by atoms with Crippen molar-refractivity contribution in [1.29, 1.82) is 0 Å². The second-order valence-corrected chi connectivity index (χ2v) is 8.91. The van der Waals surface area contributed by atoms with Crippen LogP contribution in [0.4, 0.5) is 0 Å². The monoisotopic (exact) mass is 398 g/mol. The van der Waals surface area contributed by atoms with E-state index >= 15 is 0 Å². The first-order valence-corrected chi connectivity index (χ1v) is 10.3. The molecule has 0 aromatic heterocycles. The predicted molar refractivity (Wildman–Crippen MR) is 102 cm³/mol. The summed E-state index contributed by atoms with van der Waals surface area (Å²) in [5, 5.41) is 0.323. The number of aryl methyl sites for hydroxylation is 1. The Labute approximate surface area is 159 Å². The Morgan fingerprint density at radius 1 is 0.920 bits per heavy atom. The van der Waals surface area contributed by atoms with Crippen LogP contribution in [0.2, 0.25) is 10.0 Å². The van der Waals surface area contributed by atoms with Gasteiger partial charge in [0, 0.05) is 32.7 Å². The van der Waals surface area contributed by atoms with E-state index in [9.17, 15) is 8.42 Å². The summed E-state index contributed by atoms with van der Waals surface area (Å²) in [6.45, 7) is 5.09. The highest BCUT2D eigenvalue weighted by Gasteiger charge is 2.31. The molecule has 3 rings (SSSR count). The quantitative estimate of drug-likeness (QED) is 0.785.